The van der Waals surface area contributed by atoms with Gasteiger partial charge in [-0.15, -0.1) is 0 Å². The maximum atomic E-state index is 12.4. The summed E-state index contributed by atoms with van der Waals surface area (Å²) in [5.74, 6) is -2.62. The molecule has 1 aromatic carbocycles. The Kier molecular flexibility index (Phi) is 3.82. The molecule has 2 aliphatic heterocycles. The first-order chi connectivity index (χ1) is 11.9. The molecule has 0 radical (unpaired) electrons. The molecule has 3 heterocycles. The zero-order valence-corrected chi connectivity index (χ0v) is 13.0. The topological polar surface area (TPSA) is 73.6 Å². The van der Waals surface area contributed by atoms with Gasteiger partial charge in [-0.1, -0.05) is 6.07 Å². The number of rotatable bonds is 3. The summed E-state index contributed by atoms with van der Waals surface area (Å²) in [6, 6.07) is 4.99. The lowest BCUT2D eigenvalue weighted by Crippen LogP contribution is -2.42. The van der Waals surface area contributed by atoms with Gasteiger partial charge in [0.1, 0.15) is 6.10 Å². The Morgan fingerprint density at radius 1 is 1.24 bits per heavy atom. The van der Waals surface area contributed by atoms with E-state index in [1.54, 1.807) is 0 Å². The predicted octanol–water partition coefficient (Wildman–Crippen LogP) is 2.96. The lowest BCUT2D eigenvalue weighted by molar-refractivity contribution is -0.189. The Hall–Kier alpha value is -2.29. The molecule has 6 nitrogen and oxygen atoms in total. The van der Waals surface area contributed by atoms with E-state index in [-0.39, 0.29) is 29.0 Å². The second kappa shape index (κ2) is 5.91. The first kappa shape index (κ1) is 16.2. The standard InChI is InChI=1S/C16H15F3N2O4/c17-16(18,19)14(22)24-11-2-1-3-12-13(11)21-15(25-12)23-10-6-8-4-5-9(7-10)20-8/h1-3,8-10,20H,4-7H2. The fraction of sp³-hybridized carbons (Fsp3) is 0.500. The summed E-state index contributed by atoms with van der Waals surface area (Å²) < 4.78 is 52.7. The zero-order valence-electron chi connectivity index (χ0n) is 13.0. The number of piperidine rings is 1. The molecule has 25 heavy (non-hydrogen) atoms. The number of alkyl halides is 3. The van der Waals surface area contributed by atoms with Crippen LogP contribution in [0, 0.1) is 0 Å². The van der Waals surface area contributed by atoms with Crippen LogP contribution in [0.2, 0.25) is 0 Å². The number of carbonyl (C=O) groups is 1. The average molecular weight is 356 g/mol. The summed E-state index contributed by atoms with van der Waals surface area (Å²) in [7, 11) is 0. The number of carbonyl (C=O) groups excluding carboxylic acids is 1. The van der Waals surface area contributed by atoms with Gasteiger partial charge in [0.25, 0.3) is 0 Å². The Morgan fingerprint density at radius 3 is 2.64 bits per heavy atom. The summed E-state index contributed by atoms with van der Waals surface area (Å²) >= 11 is 0. The predicted molar refractivity (Wildman–Crippen MR) is 79.3 cm³/mol. The fourth-order valence-corrected chi connectivity index (χ4v) is 3.44. The number of nitrogens with zero attached hydrogens (tertiary/aromatic N) is 1. The van der Waals surface area contributed by atoms with E-state index in [4.69, 9.17) is 9.15 Å². The number of para-hydroxylation sites is 1. The quantitative estimate of drug-likeness (QED) is 0.673. The Balaban J connectivity index is 1.54. The van der Waals surface area contributed by atoms with E-state index in [9.17, 15) is 18.0 Å². The molecule has 134 valence electrons. The van der Waals surface area contributed by atoms with Crippen LogP contribution in [0.4, 0.5) is 13.2 Å². The molecule has 2 atom stereocenters. The third-order valence-electron chi connectivity index (χ3n) is 4.49. The average Bonchev–Trinajstić information content (AvgIpc) is 3.09. The van der Waals surface area contributed by atoms with Crippen molar-refractivity contribution in [2.24, 2.45) is 0 Å². The van der Waals surface area contributed by atoms with Gasteiger partial charge in [-0.05, 0) is 37.8 Å². The Morgan fingerprint density at radius 2 is 1.96 bits per heavy atom. The first-order valence-electron chi connectivity index (χ1n) is 8.00. The van der Waals surface area contributed by atoms with Gasteiger partial charge in [-0.25, -0.2) is 4.79 Å². The van der Waals surface area contributed by atoms with Gasteiger partial charge < -0.3 is 19.2 Å². The second-order valence-electron chi connectivity index (χ2n) is 6.32. The number of halogens is 3. The van der Waals surface area contributed by atoms with E-state index in [1.807, 2.05) is 0 Å². The van der Waals surface area contributed by atoms with Crippen LogP contribution >= 0.6 is 0 Å². The van der Waals surface area contributed by atoms with Crippen molar-refractivity contribution >= 4 is 17.1 Å². The number of aromatic nitrogens is 1. The minimum absolute atomic E-state index is 0.0204. The van der Waals surface area contributed by atoms with Gasteiger partial charge in [0.15, 0.2) is 16.8 Å². The van der Waals surface area contributed by atoms with Crippen molar-refractivity contribution < 1.29 is 31.9 Å². The molecule has 0 spiro atoms. The minimum atomic E-state index is -5.08. The number of fused-ring (bicyclic) bond motifs is 3. The van der Waals surface area contributed by atoms with Gasteiger partial charge in [0.05, 0.1) is 0 Å². The highest BCUT2D eigenvalue weighted by atomic mass is 19.4. The third kappa shape index (κ3) is 3.28. The molecular formula is C16H15F3N2O4. The van der Waals surface area contributed by atoms with E-state index < -0.39 is 12.1 Å². The van der Waals surface area contributed by atoms with Crippen LogP contribution in [-0.4, -0.2) is 35.3 Å². The van der Waals surface area contributed by atoms with Crippen molar-refractivity contribution in [2.75, 3.05) is 0 Å². The molecule has 2 aromatic rings. The van der Waals surface area contributed by atoms with Gasteiger partial charge in [-0.3, -0.25) is 0 Å². The van der Waals surface area contributed by atoms with E-state index >= 15 is 0 Å². The highest BCUT2D eigenvalue weighted by Crippen LogP contribution is 2.33. The van der Waals surface area contributed by atoms with Crippen LogP contribution in [0.25, 0.3) is 11.1 Å². The molecule has 2 fully saturated rings. The van der Waals surface area contributed by atoms with Crippen molar-refractivity contribution in [3.05, 3.63) is 18.2 Å². The highest BCUT2D eigenvalue weighted by molar-refractivity contribution is 5.85. The molecule has 1 N–H and O–H groups in total. The first-order valence-corrected chi connectivity index (χ1v) is 8.00. The fourth-order valence-electron chi connectivity index (χ4n) is 3.44. The van der Waals surface area contributed by atoms with Crippen molar-refractivity contribution in [3.63, 3.8) is 0 Å². The van der Waals surface area contributed by atoms with Gasteiger partial charge in [0.2, 0.25) is 0 Å². The van der Waals surface area contributed by atoms with Gasteiger partial charge in [0, 0.05) is 12.1 Å². The number of hydrogen-bond acceptors (Lipinski definition) is 6. The Labute approximate surface area is 140 Å². The van der Waals surface area contributed by atoms with Crippen LogP contribution in [0.5, 0.6) is 11.8 Å². The second-order valence-corrected chi connectivity index (χ2v) is 6.32. The van der Waals surface area contributed by atoms with Crippen LogP contribution in [0.3, 0.4) is 0 Å². The van der Waals surface area contributed by atoms with Crippen LogP contribution in [0.1, 0.15) is 25.7 Å². The monoisotopic (exact) mass is 356 g/mol. The number of benzene rings is 1. The van der Waals surface area contributed by atoms with Gasteiger partial charge in [-0.2, -0.15) is 18.2 Å². The molecule has 0 amide bonds. The number of esters is 1. The lowest BCUT2D eigenvalue weighted by Gasteiger charge is -2.28. The molecule has 2 bridgehead atoms. The molecule has 9 heteroatoms. The summed E-state index contributed by atoms with van der Waals surface area (Å²) in [5.41, 5.74) is 0.214. The molecule has 0 saturated carbocycles. The maximum Gasteiger partial charge on any atom is 0.491 e. The molecule has 1 aromatic heterocycles. The smallest absolute Gasteiger partial charge is 0.447 e. The maximum absolute atomic E-state index is 12.4. The molecule has 4 rings (SSSR count). The van der Waals surface area contributed by atoms with Crippen molar-refractivity contribution in [2.45, 2.75) is 50.0 Å². The summed E-state index contributed by atoms with van der Waals surface area (Å²) in [6.45, 7) is 0. The number of oxazole rings is 1. The minimum Gasteiger partial charge on any atom is -0.447 e. The normalized spacial score (nSPS) is 26.0. The molecular weight excluding hydrogens is 341 g/mol. The van der Waals surface area contributed by atoms with Crippen LogP contribution in [0.15, 0.2) is 22.6 Å². The Bertz CT molecular complexity index is 792. The number of ether oxygens (including phenoxy) is 2. The SMILES string of the molecule is O=C(Oc1cccc2oc(OC3CC4CCC(C3)N4)nc12)C(F)(F)F. The van der Waals surface area contributed by atoms with E-state index in [1.165, 1.54) is 18.2 Å². The summed E-state index contributed by atoms with van der Waals surface area (Å²) in [5, 5.41) is 3.48. The molecule has 2 unspecified atom stereocenters. The number of hydrogen-bond donors (Lipinski definition) is 1. The summed E-state index contributed by atoms with van der Waals surface area (Å²) in [6.07, 6.45) is -1.31. The zero-order chi connectivity index (χ0) is 17.6. The summed E-state index contributed by atoms with van der Waals surface area (Å²) in [4.78, 5) is 15.1. The largest absolute Gasteiger partial charge is 0.491 e. The van der Waals surface area contributed by atoms with E-state index in [0.29, 0.717) is 12.1 Å². The van der Waals surface area contributed by atoms with Crippen molar-refractivity contribution in [1.29, 1.82) is 0 Å². The van der Waals surface area contributed by atoms with Crippen LogP contribution in [-0.2, 0) is 4.79 Å². The van der Waals surface area contributed by atoms with E-state index in [2.05, 4.69) is 15.0 Å². The van der Waals surface area contributed by atoms with Crippen molar-refractivity contribution in [1.82, 2.24) is 10.3 Å². The number of nitrogens with one attached hydrogen (secondary N) is 1. The molecule has 2 aliphatic rings. The molecule has 0 aliphatic carbocycles. The van der Waals surface area contributed by atoms with E-state index in [0.717, 1.165) is 25.7 Å². The highest BCUT2D eigenvalue weighted by Gasteiger charge is 2.42. The lowest BCUT2D eigenvalue weighted by atomic mass is 10.0. The molecule has 2 saturated heterocycles. The van der Waals surface area contributed by atoms with Crippen LogP contribution < -0.4 is 14.8 Å². The van der Waals surface area contributed by atoms with Crippen molar-refractivity contribution in [3.8, 4) is 11.8 Å². The van der Waals surface area contributed by atoms with Gasteiger partial charge >= 0.3 is 18.2 Å². The third-order valence-corrected chi connectivity index (χ3v) is 4.49.